The molecule has 188 valence electrons. The van der Waals surface area contributed by atoms with Crippen molar-refractivity contribution in [1.29, 1.82) is 5.41 Å². The molecule has 0 bridgehead atoms. The molecular formula is C26H25F2N3O5. The SMILES string of the molecule is CCOC(C(=O)NCc1ccc(C(=N)N)cc1)c1c(F)cc(-c2ccccc2OCC(=O)O)cc1F. The lowest BCUT2D eigenvalue weighted by Crippen LogP contribution is -2.31. The van der Waals surface area contributed by atoms with Crippen molar-refractivity contribution < 1.29 is 33.0 Å². The number of amidine groups is 1. The van der Waals surface area contributed by atoms with Gasteiger partial charge in [0.05, 0.1) is 5.56 Å². The molecule has 0 aliphatic heterocycles. The molecule has 8 nitrogen and oxygen atoms in total. The van der Waals surface area contributed by atoms with Gasteiger partial charge in [-0.1, -0.05) is 42.5 Å². The number of para-hydroxylation sites is 1. The summed E-state index contributed by atoms with van der Waals surface area (Å²) in [6.07, 6.45) is -1.54. The number of nitrogens with two attached hydrogens (primary N) is 1. The van der Waals surface area contributed by atoms with Crippen molar-refractivity contribution in [3.05, 3.63) is 89.0 Å². The maximum Gasteiger partial charge on any atom is 0.341 e. The number of amides is 1. The maximum absolute atomic E-state index is 15.2. The molecule has 3 aromatic rings. The molecule has 10 heteroatoms. The molecular weight excluding hydrogens is 472 g/mol. The second kappa shape index (κ2) is 11.9. The zero-order chi connectivity index (χ0) is 26.2. The third-order valence-corrected chi connectivity index (χ3v) is 5.19. The Morgan fingerprint density at radius 1 is 1.08 bits per heavy atom. The number of aliphatic carboxylic acids is 1. The molecule has 0 radical (unpaired) electrons. The molecule has 0 saturated heterocycles. The molecule has 1 amide bonds. The first-order valence-electron chi connectivity index (χ1n) is 11.0. The number of carbonyl (C=O) groups is 2. The second-order valence-electron chi connectivity index (χ2n) is 7.70. The second-order valence-corrected chi connectivity index (χ2v) is 7.70. The number of benzene rings is 3. The number of ether oxygens (including phenoxy) is 2. The Balaban J connectivity index is 1.85. The Labute approximate surface area is 206 Å². The molecule has 0 aliphatic rings. The molecule has 3 aromatic carbocycles. The van der Waals surface area contributed by atoms with Crippen molar-refractivity contribution in [3.8, 4) is 16.9 Å². The lowest BCUT2D eigenvalue weighted by molar-refractivity contribution is -0.139. The minimum atomic E-state index is -1.54. The van der Waals surface area contributed by atoms with E-state index in [1.807, 2.05) is 0 Å². The van der Waals surface area contributed by atoms with Crippen molar-refractivity contribution in [2.45, 2.75) is 19.6 Å². The van der Waals surface area contributed by atoms with Gasteiger partial charge >= 0.3 is 5.97 Å². The molecule has 0 aromatic heterocycles. The zero-order valence-corrected chi connectivity index (χ0v) is 19.4. The van der Waals surface area contributed by atoms with Crippen molar-refractivity contribution in [2.75, 3.05) is 13.2 Å². The van der Waals surface area contributed by atoms with Crippen LogP contribution in [0.15, 0.2) is 60.7 Å². The summed E-state index contributed by atoms with van der Waals surface area (Å²) in [7, 11) is 0. The molecule has 0 fully saturated rings. The standard InChI is InChI=1S/C26H25F2N3O5/c1-2-35-24(26(34)31-13-15-7-9-16(10-8-15)25(29)30)23-19(27)11-17(12-20(23)28)18-5-3-4-6-21(18)36-14-22(32)33/h3-12,24H,2,13-14H2,1H3,(H3,29,30)(H,31,34)(H,32,33). The van der Waals surface area contributed by atoms with E-state index in [4.69, 9.17) is 25.7 Å². The monoisotopic (exact) mass is 497 g/mol. The molecule has 5 N–H and O–H groups in total. The van der Waals surface area contributed by atoms with Crippen LogP contribution in [0.4, 0.5) is 8.78 Å². The van der Waals surface area contributed by atoms with E-state index in [0.29, 0.717) is 11.1 Å². The van der Waals surface area contributed by atoms with Gasteiger partial charge in [-0.25, -0.2) is 13.6 Å². The van der Waals surface area contributed by atoms with E-state index >= 15 is 8.78 Å². The Hall–Kier alpha value is -4.31. The van der Waals surface area contributed by atoms with Gasteiger partial charge in [0.1, 0.15) is 23.2 Å². The van der Waals surface area contributed by atoms with Crippen LogP contribution in [0.3, 0.4) is 0 Å². The van der Waals surface area contributed by atoms with E-state index in [-0.39, 0.29) is 35.9 Å². The van der Waals surface area contributed by atoms with E-state index in [9.17, 15) is 9.59 Å². The highest BCUT2D eigenvalue weighted by Crippen LogP contribution is 2.34. The van der Waals surface area contributed by atoms with Gasteiger partial charge in [-0.15, -0.1) is 0 Å². The van der Waals surface area contributed by atoms with Crippen LogP contribution in [0, 0.1) is 17.0 Å². The highest BCUT2D eigenvalue weighted by atomic mass is 19.1. The van der Waals surface area contributed by atoms with E-state index in [1.54, 1.807) is 43.3 Å². The van der Waals surface area contributed by atoms with E-state index in [2.05, 4.69) is 5.32 Å². The minimum absolute atomic E-state index is 0.0257. The normalized spacial score (nSPS) is 11.5. The topological polar surface area (TPSA) is 135 Å². The fraction of sp³-hybridized carbons (Fsp3) is 0.192. The van der Waals surface area contributed by atoms with Gasteiger partial charge in [0.2, 0.25) is 0 Å². The number of nitrogens with one attached hydrogen (secondary N) is 2. The van der Waals surface area contributed by atoms with Crippen LogP contribution in [0.25, 0.3) is 11.1 Å². The Kier molecular flexibility index (Phi) is 8.69. The Bertz CT molecular complexity index is 1240. The first kappa shape index (κ1) is 26.3. The Morgan fingerprint density at radius 3 is 2.31 bits per heavy atom. The fourth-order valence-corrected chi connectivity index (χ4v) is 3.50. The zero-order valence-electron chi connectivity index (χ0n) is 19.4. The van der Waals surface area contributed by atoms with Gasteiger partial charge in [-0.3, -0.25) is 10.2 Å². The van der Waals surface area contributed by atoms with Crippen LogP contribution in [-0.2, 0) is 20.9 Å². The molecule has 1 atom stereocenters. The summed E-state index contributed by atoms with van der Waals surface area (Å²) in [6, 6.07) is 14.9. The first-order chi connectivity index (χ1) is 17.2. The number of carboxylic acids is 1. The quantitative estimate of drug-likeness (QED) is 0.235. The first-order valence-corrected chi connectivity index (χ1v) is 11.0. The summed E-state index contributed by atoms with van der Waals surface area (Å²) in [5, 5.41) is 18.9. The number of halogens is 2. The van der Waals surface area contributed by atoms with Crippen LogP contribution in [0.2, 0.25) is 0 Å². The van der Waals surface area contributed by atoms with Gasteiger partial charge < -0.3 is 25.6 Å². The summed E-state index contributed by atoms with van der Waals surface area (Å²) in [4.78, 5) is 23.7. The van der Waals surface area contributed by atoms with Crippen LogP contribution in [-0.4, -0.2) is 36.0 Å². The average Bonchev–Trinajstić information content (AvgIpc) is 2.85. The number of hydrogen-bond acceptors (Lipinski definition) is 5. The smallest absolute Gasteiger partial charge is 0.341 e. The van der Waals surface area contributed by atoms with E-state index in [1.165, 1.54) is 12.1 Å². The van der Waals surface area contributed by atoms with Gasteiger partial charge in [0, 0.05) is 24.3 Å². The molecule has 0 aliphatic carbocycles. The predicted molar refractivity (Wildman–Crippen MR) is 129 cm³/mol. The van der Waals surface area contributed by atoms with Crippen LogP contribution >= 0.6 is 0 Å². The van der Waals surface area contributed by atoms with Crippen molar-refractivity contribution in [3.63, 3.8) is 0 Å². The van der Waals surface area contributed by atoms with Gasteiger partial charge in [-0.05, 0) is 36.2 Å². The lowest BCUT2D eigenvalue weighted by Gasteiger charge is -2.20. The van der Waals surface area contributed by atoms with Crippen LogP contribution in [0.1, 0.15) is 29.7 Å². The number of carbonyl (C=O) groups excluding carboxylic acids is 1. The maximum atomic E-state index is 15.2. The highest BCUT2D eigenvalue weighted by molar-refractivity contribution is 5.94. The van der Waals surface area contributed by atoms with Crippen LogP contribution < -0.4 is 15.8 Å². The lowest BCUT2D eigenvalue weighted by atomic mass is 9.99. The van der Waals surface area contributed by atoms with Crippen molar-refractivity contribution >= 4 is 17.7 Å². The molecule has 3 rings (SSSR count). The van der Waals surface area contributed by atoms with E-state index < -0.39 is 41.8 Å². The van der Waals surface area contributed by atoms with Crippen molar-refractivity contribution in [1.82, 2.24) is 5.32 Å². The summed E-state index contributed by atoms with van der Waals surface area (Å²) >= 11 is 0. The predicted octanol–water partition coefficient (Wildman–Crippen LogP) is 3.77. The largest absolute Gasteiger partial charge is 0.481 e. The Morgan fingerprint density at radius 2 is 1.72 bits per heavy atom. The minimum Gasteiger partial charge on any atom is -0.481 e. The molecule has 0 spiro atoms. The van der Waals surface area contributed by atoms with Gasteiger partial charge in [0.15, 0.2) is 12.7 Å². The number of nitrogen functional groups attached to an aromatic ring is 1. The summed E-state index contributed by atoms with van der Waals surface area (Å²) in [6.45, 7) is 1.07. The number of hydrogen-bond donors (Lipinski definition) is 4. The molecule has 0 saturated carbocycles. The third-order valence-electron chi connectivity index (χ3n) is 5.19. The van der Waals surface area contributed by atoms with Gasteiger partial charge in [-0.2, -0.15) is 0 Å². The highest BCUT2D eigenvalue weighted by Gasteiger charge is 2.28. The molecule has 0 heterocycles. The number of rotatable bonds is 11. The molecule has 1 unspecified atom stereocenters. The summed E-state index contributed by atoms with van der Waals surface area (Å²) in [5.41, 5.74) is 6.49. The summed E-state index contributed by atoms with van der Waals surface area (Å²) in [5.74, 6) is -3.88. The fourth-order valence-electron chi connectivity index (χ4n) is 3.50. The third kappa shape index (κ3) is 6.42. The van der Waals surface area contributed by atoms with E-state index in [0.717, 1.165) is 12.1 Å². The van der Waals surface area contributed by atoms with Crippen molar-refractivity contribution in [2.24, 2.45) is 5.73 Å². The van der Waals surface area contributed by atoms with Crippen LogP contribution in [0.5, 0.6) is 5.75 Å². The van der Waals surface area contributed by atoms with Gasteiger partial charge in [0.25, 0.3) is 5.91 Å². The summed E-state index contributed by atoms with van der Waals surface area (Å²) < 4.78 is 41.0. The molecule has 36 heavy (non-hydrogen) atoms. The number of carboxylic acid groups (broad SMARTS) is 1. The average molecular weight is 497 g/mol.